The highest BCUT2D eigenvalue weighted by Gasteiger charge is 1.99. The molecule has 3 heteroatoms. The van der Waals surface area contributed by atoms with Crippen LogP contribution in [0.25, 0.3) is 0 Å². The summed E-state index contributed by atoms with van der Waals surface area (Å²) >= 11 is 5.28. The summed E-state index contributed by atoms with van der Waals surface area (Å²) in [6, 6.07) is 0. The van der Waals surface area contributed by atoms with E-state index in [4.69, 9.17) is 16.7 Å². The first-order valence-corrected chi connectivity index (χ1v) is 3.58. The molecule has 0 aromatic rings. The fourth-order valence-corrected chi connectivity index (χ4v) is 0.410. The summed E-state index contributed by atoms with van der Waals surface area (Å²) in [5, 5.41) is 8.32. The quantitative estimate of drug-likeness (QED) is 0.621. The predicted octanol–water partition coefficient (Wildman–Crippen LogP) is 1.26. The van der Waals surface area contributed by atoms with Crippen LogP contribution < -0.4 is 0 Å². The van der Waals surface area contributed by atoms with E-state index in [1.54, 1.807) is 0 Å². The van der Waals surface area contributed by atoms with E-state index in [0.29, 0.717) is 5.88 Å². The lowest BCUT2D eigenvalue weighted by molar-refractivity contribution is 0.0647. The summed E-state index contributed by atoms with van der Waals surface area (Å²) in [5.74, 6) is 0.354. The van der Waals surface area contributed by atoms with Gasteiger partial charge in [0, 0.05) is 7.11 Å². The second-order valence-corrected chi connectivity index (χ2v) is 1.50. The summed E-state index contributed by atoms with van der Waals surface area (Å²) in [5.41, 5.74) is 0. The zero-order valence-corrected chi connectivity index (χ0v) is 6.98. The van der Waals surface area contributed by atoms with Gasteiger partial charge in [0.1, 0.15) is 0 Å². The second-order valence-electron chi connectivity index (χ2n) is 1.19. The largest absolute Gasteiger partial charge is 0.394 e. The van der Waals surface area contributed by atoms with Crippen molar-refractivity contribution in [1.82, 2.24) is 0 Å². The first kappa shape index (κ1) is 11.9. The normalized spacial score (nSPS) is 11.7. The van der Waals surface area contributed by atoms with Gasteiger partial charge in [-0.2, -0.15) is 0 Å². The van der Waals surface area contributed by atoms with Crippen molar-refractivity contribution in [2.45, 2.75) is 20.0 Å². The van der Waals surface area contributed by atoms with Gasteiger partial charge < -0.3 is 9.84 Å². The summed E-state index contributed by atoms with van der Waals surface area (Å²) in [6.45, 7) is 4.00. The highest BCUT2D eigenvalue weighted by molar-refractivity contribution is 6.18. The molecule has 0 aromatic carbocycles. The van der Waals surface area contributed by atoms with Gasteiger partial charge in [-0.15, -0.1) is 11.6 Å². The molecule has 0 saturated carbocycles. The molecule has 0 heterocycles. The Morgan fingerprint density at radius 3 is 2.00 bits per heavy atom. The highest BCUT2D eigenvalue weighted by Crippen LogP contribution is 1.89. The second kappa shape index (κ2) is 11.1. The SMILES string of the molecule is CC.COC(CO)CCl. The van der Waals surface area contributed by atoms with E-state index in [1.165, 1.54) is 7.11 Å². The maximum Gasteiger partial charge on any atom is 0.0936 e. The number of hydrogen-bond donors (Lipinski definition) is 1. The fourth-order valence-electron chi connectivity index (χ4n) is 0.186. The van der Waals surface area contributed by atoms with Crippen LogP contribution in [0.2, 0.25) is 0 Å². The predicted molar refractivity (Wildman–Crippen MR) is 40.0 cm³/mol. The smallest absolute Gasteiger partial charge is 0.0936 e. The number of methoxy groups -OCH3 is 1. The van der Waals surface area contributed by atoms with Gasteiger partial charge in [0.05, 0.1) is 18.6 Å². The molecule has 1 atom stereocenters. The average molecular weight is 155 g/mol. The molecule has 0 saturated heterocycles. The molecule has 0 spiro atoms. The van der Waals surface area contributed by atoms with E-state index < -0.39 is 0 Å². The van der Waals surface area contributed by atoms with Crippen LogP contribution in [0.4, 0.5) is 0 Å². The fraction of sp³-hybridized carbons (Fsp3) is 1.00. The van der Waals surface area contributed by atoms with Gasteiger partial charge in [0.15, 0.2) is 0 Å². The molecule has 0 fully saturated rings. The number of halogens is 1. The summed E-state index contributed by atoms with van der Waals surface area (Å²) in [6.07, 6.45) is -0.193. The van der Waals surface area contributed by atoms with Gasteiger partial charge >= 0.3 is 0 Å². The molecule has 0 aromatic heterocycles. The Morgan fingerprint density at radius 1 is 1.56 bits per heavy atom. The Bertz CT molecular complexity index is 32.5. The summed E-state index contributed by atoms with van der Waals surface area (Å²) in [7, 11) is 1.52. The van der Waals surface area contributed by atoms with E-state index in [0.717, 1.165) is 0 Å². The molecule has 0 aliphatic heterocycles. The van der Waals surface area contributed by atoms with Crippen LogP contribution in [0.3, 0.4) is 0 Å². The van der Waals surface area contributed by atoms with E-state index in [1.807, 2.05) is 13.8 Å². The van der Waals surface area contributed by atoms with Crippen LogP contribution in [-0.2, 0) is 4.74 Å². The molecule has 9 heavy (non-hydrogen) atoms. The third-order valence-electron chi connectivity index (χ3n) is 0.709. The van der Waals surface area contributed by atoms with Crippen LogP contribution in [0.1, 0.15) is 13.8 Å². The van der Waals surface area contributed by atoms with Crippen LogP contribution in [0, 0.1) is 0 Å². The molecule has 0 aliphatic rings. The van der Waals surface area contributed by atoms with Crippen molar-refractivity contribution in [2.75, 3.05) is 19.6 Å². The number of aliphatic hydroxyl groups is 1. The highest BCUT2D eigenvalue weighted by atomic mass is 35.5. The van der Waals surface area contributed by atoms with E-state index >= 15 is 0 Å². The van der Waals surface area contributed by atoms with Gasteiger partial charge in [-0.05, 0) is 0 Å². The van der Waals surface area contributed by atoms with Crippen molar-refractivity contribution in [2.24, 2.45) is 0 Å². The summed E-state index contributed by atoms with van der Waals surface area (Å²) < 4.78 is 4.67. The molecule has 0 amide bonds. The average Bonchev–Trinajstić information content (AvgIpc) is 1.96. The Kier molecular flexibility index (Phi) is 14.7. The zero-order chi connectivity index (χ0) is 7.70. The van der Waals surface area contributed by atoms with Crippen LogP contribution in [0.15, 0.2) is 0 Å². The Hall–Kier alpha value is 0.210. The lowest BCUT2D eigenvalue weighted by atomic mass is 10.4. The lowest BCUT2D eigenvalue weighted by Gasteiger charge is -2.04. The number of rotatable bonds is 3. The molecule has 0 bridgehead atoms. The minimum absolute atomic E-state index is 0. The minimum Gasteiger partial charge on any atom is -0.394 e. The van der Waals surface area contributed by atoms with E-state index in [2.05, 4.69) is 4.74 Å². The topological polar surface area (TPSA) is 29.5 Å². The van der Waals surface area contributed by atoms with Crippen LogP contribution >= 0.6 is 11.6 Å². The maximum absolute atomic E-state index is 8.32. The molecular weight excluding hydrogens is 140 g/mol. The number of ether oxygens (including phenoxy) is 1. The van der Waals surface area contributed by atoms with Crippen molar-refractivity contribution in [3.63, 3.8) is 0 Å². The number of aliphatic hydroxyl groups excluding tert-OH is 1. The van der Waals surface area contributed by atoms with Gasteiger partial charge in [-0.25, -0.2) is 0 Å². The van der Waals surface area contributed by atoms with Crippen LogP contribution in [0.5, 0.6) is 0 Å². The molecule has 58 valence electrons. The van der Waals surface area contributed by atoms with E-state index in [-0.39, 0.29) is 12.7 Å². The Labute approximate surface area is 61.8 Å². The van der Waals surface area contributed by atoms with Gasteiger partial charge in [-0.3, -0.25) is 0 Å². The van der Waals surface area contributed by atoms with Crippen molar-refractivity contribution in [3.05, 3.63) is 0 Å². The third-order valence-corrected chi connectivity index (χ3v) is 1.05. The standard InChI is InChI=1S/C4H9ClO2.C2H6/c1-7-4(2-5)3-6;1-2/h4,6H,2-3H2,1H3;1-2H3. The van der Waals surface area contributed by atoms with Gasteiger partial charge in [0.2, 0.25) is 0 Å². The lowest BCUT2D eigenvalue weighted by Crippen LogP contribution is -2.16. The molecule has 2 nitrogen and oxygen atoms in total. The molecular formula is C6H15ClO2. The van der Waals surface area contributed by atoms with Crippen molar-refractivity contribution < 1.29 is 9.84 Å². The molecule has 0 radical (unpaired) electrons. The van der Waals surface area contributed by atoms with Crippen LogP contribution in [-0.4, -0.2) is 30.8 Å². The minimum atomic E-state index is -0.193. The molecule has 0 rings (SSSR count). The van der Waals surface area contributed by atoms with Crippen molar-refractivity contribution in [3.8, 4) is 0 Å². The first-order chi connectivity index (χ1) is 4.35. The number of alkyl halides is 1. The maximum atomic E-state index is 8.32. The van der Waals surface area contributed by atoms with Crippen molar-refractivity contribution >= 4 is 11.6 Å². The monoisotopic (exact) mass is 154 g/mol. The Morgan fingerprint density at radius 2 is 2.00 bits per heavy atom. The zero-order valence-electron chi connectivity index (χ0n) is 6.22. The molecule has 0 aliphatic carbocycles. The van der Waals surface area contributed by atoms with E-state index in [9.17, 15) is 0 Å². The van der Waals surface area contributed by atoms with Gasteiger partial charge in [0.25, 0.3) is 0 Å². The molecule has 1 unspecified atom stereocenters. The third kappa shape index (κ3) is 8.21. The first-order valence-electron chi connectivity index (χ1n) is 3.04. The molecule has 1 N–H and O–H groups in total. The van der Waals surface area contributed by atoms with Gasteiger partial charge in [-0.1, -0.05) is 13.8 Å². The summed E-state index contributed by atoms with van der Waals surface area (Å²) in [4.78, 5) is 0. The number of hydrogen-bond acceptors (Lipinski definition) is 2. The Balaban J connectivity index is 0. The van der Waals surface area contributed by atoms with Crippen molar-refractivity contribution in [1.29, 1.82) is 0 Å².